The number of nitrogens with zero attached hydrogens (tertiary/aromatic N) is 1. The van der Waals surface area contributed by atoms with Crippen LogP contribution in [0.25, 0.3) is 0 Å². The molecule has 1 fully saturated rings. The van der Waals surface area contributed by atoms with Gasteiger partial charge < -0.3 is 19.7 Å². The Kier molecular flexibility index (Phi) is 6.22. The van der Waals surface area contributed by atoms with Gasteiger partial charge in [0.05, 0.1) is 7.11 Å². The Hall–Kier alpha value is -2.69. The van der Waals surface area contributed by atoms with Crippen molar-refractivity contribution in [3.05, 3.63) is 48.5 Å². The molecule has 1 unspecified atom stereocenters. The van der Waals surface area contributed by atoms with Crippen molar-refractivity contribution in [1.29, 1.82) is 0 Å². The number of para-hydroxylation sites is 2. The highest BCUT2D eigenvalue weighted by Crippen LogP contribution is 2.31. The van der Waals surface area contributed by atoms with Crippen LogP contribution in [0, 0.1) is 5.92 Å². The number of methoxy groups -OCH3 is 1. The first-order chi connectivity index (χ1) is 13.1. The molecule has 0 aromatic heterocycles. The summed E-state index contributed by atoms with van der Waals surface area (Å²) in [6, 6.07) is 14.9. The van der Waals surface area contributed by atoms with E-state index >= 15 is 0 Å². The van der Waals surface area contributed by atoms with E-state index in [1.54, 1.807) is 7.11 Å². The Morgan fingerprint density at radius 3 is 2.33 bits per heavy atom. The van der Waals surface area contributed by atoms with Crippen LogP contribution in [0.1, 0.15) is 26.7 Å². The van der Waals surface area contributed by atoms with Crippen LogP contribution in [0.2, 0.25) is 0 Å². The minimum Gasteiger partial charge on any atom is -0.493 e. The summed E-state index contributed by atoms with van der Waals surface area (Å²) >= 11 is 0. The third-order valence-electron chi connectivity index (χ3n) is 5.00. The molecule has 1 N–H and O–H groups in total. The molecule has 1 heterocycles. The minimum absolute atomic E-state index is 0.163. The number of likely N-dealkylation sites (tertiary alicyclic amines) is 1. The van der Waals surface area contributed by atoms with Crippen molar-refractivity contribution in [2.24, 2.45) is 5.92 Å². The molecule has 0 saturated carbocycles. The lowest BCUT2D eigenvalue weighted by Gasteiger charge is -2.32. The molecule has 1 aliphatic heterocycles. The number of hydrogen-bond acceptors (Lipinski definition) is 4. The minimum atomic E-state index is -0.251. The molecule has 2 aromatic carbocycles. The quantitative estimate of drug-likeness (QED) is 0.813. The molecular formula is C22H28N2O3. The van der Waals surface area contributed by atoms with Crippen LogP contribution in [0.5, 0.6) is 17.2 Å². The number of carbonyl (C=O) groups is 1. The number of benzene rings is 2. The van der Waals surface area contributed by atoms with Crippen molar-refractivity contribution < 1.29 is 14.3 Å². The highest BCUT2D eigenvalue weighted by atomic mass is 16.5. The normalized spacial score (nSPS) is 15.9. The molecule has 0 aliphatic carbocycles. The summed E-state index contributed by atoms with van der Waals surface area (Å²) in [5, 5.41) is 3.29. The largest absolute Gasteiger partial charge is 0.493 e. The Balaban J connectivity index is 1.58. The van der Waals surface area contributed by atoms with E-state index in [0.717, 1.165) is 31.6 Å². The molecule has 3 rings (SSSR count). The van der Waals surface area contributed by atoms with Gasteiger partial charge in [0, 0.05) is 18.8 Å². The number of amides is 1. The molecule has 5 heteroatoms. The van der Waals surface area contributed by atoms with Crippen LogP contribution in [0.4, 0.5) is 5.69 Å². The second-order valence-corrected chi connectivity index (χ2v) is 7.15. The summed E-state index contributed by atoms with van der Waals surface area (Å²) in [4.78, 5) is 14.6. The molecule has 27 heavy (non-hydrogen) atoms. The van der Waals surface area contributed by atoms with E-state index in [2.05, 4.69) is 12.2 Å². The summed E-state index contributed by atoms with van der Waals surface area (Å²) in [5.74, 6) is 2.96. The molecule has 0 spiro atoms. The molecule has 0 radical (unpaired) electrons. The number of anilines is 1. The van der Waals surface area contributed by atoms with Crippen molar-refractivity contribution >= 4 is 11.6 Å². The predicted molar refractivity (Wildman–Crippen MR) is 108 cm³/mol. The molecule has 1 atom stereocenters. The van der Waals surface area contributed by atoms with Crippen molar-refractivity contribution in [1.82, 2.24) is 4.90 Å². The van der Waals surface area contributed by atoms with Gasteiger partial charge >= 0.3 is 0 Å². The van der Waals surface area contributed by atoms with Gasteiger partial charge in [-0.2, -0.15) is 0 Å². The van der Waals surface area contributed by atoms with Crippen LogP contribution in [0.15, 0.2) is 48.5 Å². The molecule has 144 valence electrons. The monoisotopic (exact) mass is 368 g/mol. The number of piperidine rings is 1. The lowest BCUT2D eigenvalue weighted by Crippen LogP contribution is -2.45. The van der Waals surface area contributed by atoms with Crippen LogP contribution < -0.4 is 14.8 Å². The first-order valence-electron chi connectivity index (χ1n) is 9.53. The smallest absolute Gasteiger partial charge is 0.244 e. The average Bonchev–Trinajstić information content (AvgIpc) is 2.70. The van der Waals surface area contributed by atoms with Crippen molar-refractivity contribution in [3.8, 4) is 17.2 Å². The Bertz CT molecular complexity index is 752. The van der Waals surface area contributed by atoms with Crippen LogP contribution >= 0.6 is 0 Å². The first-order valence-corrected chi connectivity index (χ1v) is 9.53. The lowest BCUT2D eigenvalue weighted by molar-refractivity contribution is -0.132. The summed E-state index contributed by atoms with van der Waals surface area (Å²) in [6.45, 7) is 5.88. The molecule has 5 nitrogen and oxygen atoms in total. The van der Waals surface area contributed by atoms with Gasteiger partial charge in [-0.3, -0.25) is 4.79 Å². The van der Waals surface area contributed by atoms with Crippen molar-refractivity contribution in [2.45, 2.75) is 32.7 Å². The number of carbonyl (C=O) groups excluding carboxylic acids is 1. The molecule has 0 bridgehead atoms. The molecule has 1 amide bonds. The zero-order valence-electron chi connectivity index (χ0n) is 16.3. The number of nitrogens with one attached hydrogen (secondary N) is 1. The Labute approximate surface area is 161 Å². The Morgan fingerprint density at radius 2 is 1.70 bits per heavy atom. The third-order valence-corrected chi connectivity index (χ3v) is 5.00. The number of ether oxygens (including phenoxy) is 2. The van der Waals surface area contributed by atoms with Crippen molar-refractivity contribution in [3.63, 3.8) is 0 Å². The van der Waals surface area contributed by atoms with Gasteiger partial charge in [-0.15, -0.1) is 0 Å². The molecular weight excluding hydrogens is 340 g/mol. The van der Waals surface area contributed by atoms with E-state index in [-0.39, 0.29) is 11.9 Å². The van der Waals surface area contributed by atoms with Crippen molar-refractivity contribution in [2.75, 3.05) is 25.5 Å². The Morgan fingerprint density at radius 1 is 1.07 bits per heavy atom. The van der Waals surface area contributed by atoms with E-state index in [4.69, 9.17) is 9.47 Å². The summed E-state index contributed by atoms with van der Waals surface area (Å²) in [6.07, 6.45) is 2.18. The maximum Gasteiger partial charge on any atom is 0.244 e. The zero-order chi connectivity index (χ0) is 19.2. The molecule has 2 aromatic rings. The lowest BCUT2D eigenvalue weighted by atomic mass is 9.99. The summed E-state index contributed by atoms with van der Waals surface area (Å²) < 4.78 is 11.2. The van der Waals surface area contributed by atoms with E-state index < -0.39 is 0 Å². The van der Waals surface area contributed by atoms with Gasteiger partial charge in [-0.05, 0) is 62.1 Å². The molecule has 1 aliphatic rings. The van der Waals surface area contributed by atoms with Gasteiger partial charge in [0.15, 0.2) is 11.5 Å². The maximum absolute atomic E-state index is 12.6. The standard InChI is InChI=1S/C22H28N2O3/c1-16-12-14-24(15-13-16)22(25)17(2)23-18-8-10-19(11-9-18)27-21-7-5-4-6-20(21)26-3/h4-11,16-17,23H,12-15H2,1-3H3. The summed E-state index contributed by atoms with van der Waals surface area (Å²) in [5.41, 5.74) is 0.897. The van der Waals surface area contributed by atoms with Gasteiger partial charge in [0.25, 0.3) is 0 Å². The van der Waals surface area contributed by atoms with Gasteiger partial charge in [0.1, 0.15) is 11.8 Å². The van der Waals surface area contributed by atoms with Gasteiger partial charge in [0.2, 0.25) is 5.91 Å². The fourth-order valence-electron chi connectivity index (χ4n) is 3.26. The van der Waals surface area contributed by atoms with E-state index in [1.165, 1.54) is 0 Å². The second-order valence-electron chi connectivity index (χ2n) is 7.15. The fraction of sp³-hybridized carbons (Fsp3) is 0.409. The van der Waals surface area contributed by atoms with Crippen LogP contribution in [-0.2, 0) is 4.79 Å². The fourth-order valence-corrected chi connectivity index (χ4v) is 3.26. The average molecular weight is 368 g/mol. The highest BCUT2D eigenvalue weighted by molar-refractivity contribution is 5.84. The van der Waals surface area contributed by atoms with E-state index in [1.807, 2.05) is 60.4 Å². The SMILES string of the molecule is COc1ccccc1Oc1ccc(NC(C)C(=O)N2CCC(C)CC2)cc1. The zero-order valence-corrected chi connectivity index (χ0v) is 16.3. The highest BCUT2D eigenvalue weighted by Gasteiger charge is 2.24. The van der Waals surface area contributed by atoms with E-state index in [0.29, 0.717) is 23.2 Å². The topological polar surface area (TPSA) is 50.8 Å². The molecule has 1 saturated heterocycles. The third kappa shape index (κ3) is 4.94. The van der Waals surface area contributed by atoms with E-state index in [9.17, 15) is 4.79 Å². The predicted octanol–water partition coefficient (Wildman–Crippen LogP) is 4.55. The first kappa shape index (κ1) is 19.1. The van der Waals surface area contributed by atoms with Gasteiger partial charge in [-0.25, -0.2) is 0 Å². The number of hydrogen-bond donors (Lipinski definition) is 1. The van der Waals surface area contributed by atoms with Crippen LogP contribution in [0.3, 0.4) is 0 Å². The van der Waals surface area contributed by atoms with Crippen LogP contribution in [-0.4, -0.2) is 37.0 Å². The van der Waals surface area contributed by atoms with Gasteiger partial charge in [-0.1, -0.05) is 19.1 Å². The number of rotatable bonds is 6. The summed E-state index contributed by atoms with van der Waals surface area (Å²) in [7, 11) is 1.62. The second kappa shape index (κ2) is 8.80. The maximum atomic E-state index is 12.6.